The summed E-state index contributed by atoms with van der Waals surface area (Å²) in [5, 5.41) is 0. The molecule has 0 aromatic heterocycles. The highest BCUT2D eigenvalue weighted by Gasteiger charge is 2.45. The zero-order chi connectivity index (χ0) is 15.2. The monoisotopic (exact) mass is 378 g/mol. The molecule has 3 atom stereocenters. The Morgan fingerprint density at radius 3 is 2.00 bits per heavy atom. The molecule has 1 rings (SSSR count). The van der Waals surface area contributed by atoms with Crippen molar-refractivity contribution in [2.45, 2.75) is 65.4 Å². The molecule has 1 aliphatic rings. The number of rotatable bonds is 2. The highest BCUT2D eigenvalue weighted by atomic mass is 127. The Hall–Kier alpha value is -0.0600. The van der Waals surface area contributed by atoms with E-state index in [1.807, 2.05) is 20.8 Å². The minimum atomic E-state index is -0.354. The number of alkyl halides is 1. The van der Waals surface area contributed by atoms with Crippen LogP contribution in [0.15, 0.2) is 11.3 Å². The summed E-state index contributed by atoms with van der Waals surface area (Å²) >= 11 is 2.39. The molecule has 0 unspecified atom stereocenters. The molecule has 3 heteroatoms. The van der Waals surface area contributed by atoms with Crippen LogP contribution in [0.4, 0.5) is 0 Å². The minimum absolute atomic E-state index is 0.108. The molecular formula is C16H27IO2. The van der Waals surface area contributed by atoms with E-state index in [-0.39, 0.29) is 28.6 Å². The van der Waals surface area contributed by atoms with Crippen molar-refractivity contribution >= 4 is 28.4 Å². The molecule has 0 saturated carbocycles. The summed E-state index contributed by atoms with van der Waals surface area (Å²) in [6, 6.07) is 0. The third-order valence-corrected chi connectivity index (χ3v) is 4.22. The Morgan fingerprint density at radius 2 is 1.68 bits per heavy atom. The van der Waals surface area contributed by atoms with Gasteiger partial charge in [-0.1, -0.05) is 71.1 Å². The first-order valence-corrected chi connectivity index (χ1v) is 8.22. The maximum Gasteiger partial charge on any atom is 0.167 e. The molecule has 1 aliphatic heterocycles. The highest BCUT2D eigenvalue weighted by molar-refractivity contribution is 14.1. The van der Waals surface area contributed by atoms with E-state index in [9.17, 15) is 4.79 Å². The topological polar surface area (TPSA) is 26.3 Å². The molecular weight excluding hydrogens is 351 g/mol. The van der Waals surface area contributed by atoms with Gasteiger partial charge in [-0.15, -0.1) is 0 Å². The Kier molecular flexibility index (Phi) is 4.81. The predicted molar refractivity (Wildman–Crippen MR) is 88.5 cm³/mol. The number of carbonyl (C=O) groups excluding carboxylic acids is 1. The summed E-state index contributed by atoms with van der Waals surface area (Å²) in [5.74, 6) is 1.30. The van der Waals surface area contributed by atoms with Crippen LogP contribution in [0, 0.1) is 16.7 Å². The number of carbonyl (C=O) groups is 1. The van der Waals surface area contributed by atoms with Gasteiger partial charge in [-0.3, -0.25) is 4.79 Å². The van der Waals surface area contributed by atoms with E-state index in [1.165, 1.54) is 0 Å². The molecule has 1 heterocycles. The summed E-state index contributed by atoms with van der Waals surface area (Å²) in [7, 11) is 0. The summed E-state index contributed by atoms with van der Waals surface area (Å²) in [5.41, 5.74) is 0.436. The Balaban J connectivity index is 3.30. The zero-order valence-corrected chi connectivity index (χ0v) is 15.6. The molecule has 0 amide bonds. The van der Waals surface area contributed by atoms with Crippen LogP contribution in [0.3, 0.4) is 0 Å². The molecule has 0 spiro atoms. The van der Waals surface area contributed by atoms with Crippen molar-refractivity contribution in [1.82, 2.24) is 0 Å². The van der Waals surface area contributed by atoms with Gasteiger partial charge in [0.2, 0.25) is 0 Å². The van der Waals surface area contributed by atoms with E-state index in [0.29, 0.717) is 3.92 Å². The first-order chi connectivity index (χ1) is 8.37. The molecule has 0 saturated heterocycles. The molecule has 0 bridgehead atoms. The van der Waals surface area contributed by atoms with Crippen LogP contribution in [-0.4, -0.2) is 15.8 Å². The average molecular weight is 378 g/mol. The van der Waals surface area contributed by atoms with Gasteiger partial charge in [0, 0.05) is 26.2 Å². The lowest BCUT2D eigenvalue weighted by atomic mass is 9.77. The standard InChI is InChI=1S/C16H27IO2/c1-9-11(13(18)15(3,4)5)14(16(6,7)8)19-12(9)10(2)17/h9-10,12H,1-8H3/t9-,10-,12-/m1/s1. The van der Waals surface area contributed by atoms with Crippen LogP contribution in [0.2, 0.25) is 0 Å². The lowest BCUT2D eigenvalue weighted by Gasteiger charge is -2.25. The number of ether oxygens (including phenoxy) is 1. The quantitative estimate of drug-likeness (QED) is 0.512. The number of Topliss-reactive ketones (excluding diaryl/α,β-unsaturated/α-hetero) is 1. The molecule has 0 radical (unpaired) electrons. The largest absolute Gasteiger partial charge is 0.492 e. The maximum atomic E-state index is 12.8. The summed E-state index contributed by atoms with van der Waals surface area (Å²) in [6.45, 7) is 16.6. The van der Waals surface area contributed by atoms with Crippen LogP contribution in [0.5, 0.6) is 0 Å². The second-order valence-electron chi connectivity index (χ2n) is 7.62. The van der Waals surface area contributed by atoms with E-state index < -0.39 is 0 Å². The first kappa shape index (κ1) is 17.0. The van der Waals surface area contributed by atoms with Crippen LogP contribution in [-0.2, 0) is 9.53 Å². The van der Waals surface area contributed by atoms with Gasteiger partial charge in [0.1, 0.15) is 11.9 Å². The van der Waals surface area contributed by atoms with Gasteiger partial charge in [-0.2, -0.15) is 0 Å². The van der Waals surface area contributed by atoms with Crippen molar-refractivity contribution in [3.05, 3.63) is 11.3 Å². The number of ketones is 1. The summed E-state index contributed by atoms with van der Waals surface area (Å²) in [6.07, 6.45) is 0.108. The van der Waals surface area contributed by atoms with Gasteiger partial charge in [0.15, 0.2) is 5.78 Å². The second-order valence-corrected chi connectivity index (χ2v) is 9.59. The number of allylic oxidation sites excluding steroid dienone is 1. The SMILES string of the molecule is C[C@@H]1C(C(=O)C(C)(C)C)=C(C(C)(C)C)O[C@H]1[C@@H](C)I. The van der Waals surface area contributed by atoms with Gasteiger partial charge in [0.25, 0.3) is 0 Å². The maximum absolute atomic E-state index is 12.8. The Morgan fingerprint density at radius 1 is 1.21 bits per heavy atom. The van der Waals surface area contributed by atoms with Crippen molar-refractivity contribution in [1.29, 1.82) is 0 Å². The zero-order valence-electron chi connectivity index (χ0n) is 13.4. The average Bonchev–Trinajstić information content (AvgIpc) is 2.52. The van der Waals surface area contributed by atoms with Crippen LogP contribution in [0.1, 0.15) is 55.4 Å². The molecule has 0 aromatic carbocycles. The lowest BCUT2D eigenvalue weighted by Crippen LogP contribution is -2.30. The number of hydrogen-bond donors (Lipinski definition) is 0. The predicted octanol–water partition coefficient (Wildman–Crippen LogP) is 4.76. The number of halogens is 1. The van der Waals surface area contributed by atoms with Gasteiger partial charge in [0.05, 0.1) is 0 Å². The fourth-order valence-corrected chi connectivity index (χ4v) is 3.23. The lowest BCUT2D eigenvalue weighted by molar-refractivity contribution is -0.123. The highest BCUT2D eigenvalue weighted by Crippen LogP contribution is 2.45. The molecule has 2 nitrogen and oxygen atoms in total. The van der Waals surface area contributed by atoms with Crippen LogP contribution < -0.4 is 0 Å². The minimum Gasteiger partial charge on any atom is -0.492 e. The van der Waals surface area contributed by atoms with E-state index in [4.69, 9.17) is 4.74 Å². The molecule has 0 N–H and O–H groups in total. The molecule has 110 valence electrons. The third-order valence-electron chi connectivity index (χ3n) is 3.51. The Bertz CT molecular complexity index is 394. The third kappa shape index (κ3) is 3.53. The first-order valence-electron chi connectivity index (χ1n) is 6.97. The fraction of sp³-hybridized carbons (Fsp3) is 0.812. The van der Waals surface area contributed by atoms with Gasteiger partial charge in [-0.25, -0.2) is 0 Å². The van der Waals surface area contributed by atoms with Crippen molar-refractivity contribution < 1.29 is 9.53 Å². The molecule has 0 fully saturated rings. The molecule has 19 heavy (non-hydrogen) atoms. The molecule has 0 aromatic rings. The van der Waals surface area contributed by atoms with Crippen LogP contribution >= 0.6 is 22.6 Å². The van der Waals surface area contributed by atoms with Crippen molar-refractivity contribution in [2.75, 3.05) is 0 Å². The van der Waals surface area contributed by atoms with Gasteiger partial charge < -0.3 is 4.74 Å². The van der Waals surface area contributed by atoms with Crippen molar-refractivity contribution in [2.24, 2.45) is 16.7 Å². The van der Waals surface area contributed by atoms with Gasteiger partial charge in [-0.05, 0) is 6.92 Å². The fourth-order valence-electron chi connectivity index (χ4n) is 2.46. The van der Waals surface area contributed by atoms with E-state index >= 15 is 0 Å². The van der Waals surface area contributed by atoms with Crippen LogP contribution in [0.25, 0.3) is 0 Å². The van der Waals surface area contributed by atoms with Crippen molar-refractivity contribution in [3.8, 4) is 0 Å². The summed E-state index contributed by atoms with van der Waals surface area (Å²) < 4.78 is 6.56. The normalized spacial score (nSPS) is 26.4. The van der Waals surface area contributed by atoms with E-state index in [2.05, 4.69) is 57.2 Å². The second kappa shape index (κ2) is 5.38. The summed E-state index contributed by atoms with van der Waals surface area (Å²) in [4.78, 5) is 12.8. The van der Waals surface area contributed by atoms with Crippen molar-refractivity contribution in [3.63, 3.8) is 0 Å². The Labute approximate surface area is 131 Å². The molecule has 0 aliphatic carbocycles. The smallest absolute Gasteiger partial charge is 0.167 e. The van der Waals surface area contributed by atoms with Gasteiger partial charge >= 0.3 is 0 Å². The van der Waals surface area contributed by atoms with E-state index in [1.54, 1.807) is 0 Å². The van der Waals surface area contributed by atoms with E-state index in [0.717, 1.165) is 11.3 Å². The number of hydrogen-bond acceptors (Lipinski definition) is 2.